The number of hydrogen-bond donors (Lipinski definition) is 2. The number of H-pyrrole nitrogens is 1. The number of carboxylic acid groups (broad SMARTS) is 1. The first-order chi connectivity index (χ1) is 8.39. The second-order valence-corrected chi connectivity index (χ2v) is 5.78. The lowest BCUT2D eigenvalue weighted by atomic mass is 10.1. The van der Waals surface area contributed by atoms with Gasteiger partial charge in [0.2, 0.25) is 0 Å². The minimum atomic E-state index is -3.33. The fourth-order valence-electron chi connectivity index (χ4n) is 1.55. The van der Waals surface area contributed by atoms with E-state index in [1.54, 1.807) is 12.1 Å². The number of nitrogens with one attached hydrogen (secondary N) is 1. The van der Waals surface area contributed by atoms with Crippen molar-refractivity contribution in [3.8, 4) is 11.3 Å². The van der Waals surface area contributed by atoms with Gasteiger partial charge in [-0.25, -0.2) is 13.2 Å². The Hall–Kier alpha value is -2.15. The average molecular weight is 266 g/mol. The van der Waals surface area contributed by atoms with Gasteiger partial charge < -0.3 is 5.11 Å². The van der Waals surface area contributed by atoms with Gasteiger partial charge in [-0.2, -0.15) is 5.10 Å². The van der Waals surface area contributed by atoms with Crippen molar-refractivity contribution in [3.05, 3.63) is 36.0 Å². The van der Waals surface area contributed by atoms with Crippen LogP contribution in [0.5, 0.6) is 0 Å². The van der Waals surface area contributed by atoms with Crippen LogP contribution >= 0.6 is 0 Å². The van der Waals surface area contributed by atoms with E-state index in [1.807, 2.05) is 0 Å². The number of sulfone groups is 1. The van der Waals surface area contributed by atoms with Gasteiger partial charge in [0.25, 0.3) is 0 Å². The van der Waals surface area contributed by atoms with E-state index in [9.17, 15) is 13.2 Å². The zero-order valence-corrected chi connectivity index (χ0v) is 10.2. The molecule has 1 aromatic carbocycles. The summed E-state index contributed by atoms with van der Waals surface area (Å²) in [6.07, 6.45) is 2.28. The number of carboxylic acids is 1. The highest BCUT2D eigenvalue weighted by Gasteiger charge is 2.15. The van der Waals surface area contributed by atoms with Crippen LogP contribution in [0.2, 0.25) is 0 Å². The normalized spacial score (nSPS) is 11.4. The van der Waals surface area contributed by atoms with Crippen molar-refractivity contribution < 1.29 is 18.3 Å². The molecule has 0 radical (unpaired) electrons. The molecule has 18 heavy (non-hydrogen) atoms. The molecule has 1 aromatic heterocycles. The summed E-state index contributed by atoms with van der Waals surface area (Å²) in [5.41, 5.74) is 0.751. The fourth-order valence-corrected chi connectivity index (χ4v) is 2.22. The first-order valence-corrected chi connectivity index (χ1v) is 6.86. The van der Waals surface area contributed by atoms with Crippen molar-refractivity contribution in [1.82, 2.24) is 10.2 Å². The molecule has 0 fully saturated rings. The third-order valence-corrected chi connectivity index (χ3v) is 3.53. The number of aromatic carboxylic acids is 1. The van der Waals surface area contributed by atoms with Crippen LogP contribution in [0.4, 0.5) is 0 Å². The summed E-state index contributed by atoms with van der Waals surface area (Å²) in [5, 5.41) is 15.2. The summed E-state index contributed by atoms with van der Waals surface area (Å²) in [5.74, 6) is -1.12. The van der Waals surface area contributed by atoms with Crippen molar-refractivity contribution in [3.63, 3.8) is 0 Å². The molecule has 94 valence electrons. The summed E-state index contributed by atoms with van der Waals surface area (Å²) >= 11 is 0. The molecule has 2 aromatic rings. The van der Waals surface area contributed by atoms with Gasteiger partial charge in [-0.1, -0.05) is 12.1 Å². The number of benzene rings is 1. The Morgan fingerprint density at radius 3 is 2.72 bits per heavy atom. The van der Waals surface area contributed by atoms with Gasteiger partial charge in [-0.3, -0.25) is 5.10 Å². The van der Waals surface area contributed by atoms with Crippen molar-refractivity contribution in [2.45, 2.75) is 4.90 Å². The van der Waals surface area contributed by atoms with Crippen LogP contribution in [-0.4, -0.2) is 35.9 Å². The highest BCUT2D eigenvalue weighted by molar-refractivity contribution is 7.90. The molecule has 1 heterocycles. The Morgan fingerprint density at radius 1 is 1.39 bits per heavy atom. The molecule has 0 bridgehead atoms. The van der Waals surface area contributed by atoms with Crippen LogP contribution in [0.15, 0.2) is 35.4 Å². The quantitative estimate of drug-likeness (QED) is 0.868. The molecule has 6 nitrogen and oxygen atoms in total. The minimum absolute atomic E-state index is 0.000603. The van der Waals surface area contributed by atoms with Crippen LogP contribution in [0.3, 0.4) is 0 Å². The number of aromatic nitrogens is 2. The van der Waals surface area contributed by atoms with E-state index in [4.69, 9.17) is 5.11 Å². The molecule has 2 N–H and O–H groups in total. The van der Waals surface area contributed by atoms with Crippen LogP contribution in [0, 0.1) is 0 Å². The summed E-state index contributed by atoms with van der Waals surface area (Å²) in [7, 11) is -3.33. The van der Waals surface area contributed by atoms with Crippen molar-refractivity contribution in [2.24, 2.45) is 0 Å². The van der Waals surface area contributed by atoms with Crippen molar-refractivity contribution >= 4 is 15.8 Å². The maximum atomic E-state index is 11.4. The molecule has 0 saturated carbocycles. The van der Waals surface area contributed by atoms with Crippen molar-refractivity contribution in [2.75, 3.05) is 6.26 Å². The Labute approximate surface area is 103 Å². The third kappa shape index (κ3) is 2.25. The second kappa shape index (κ2) is 4.26. The SMILES string of the molecule is CS(=O)(=O)c1cccc(-c2[nH]ncc2C(=O)O)c1. The molecule has 0 spiro atoms. The molecular weight excluding hydrogens is 256 g/mol. The first-order valence-electron chi connectivity index (χ1n) is 4.97. The molecule has 0 aliphatic carbocycles. The average Bonchev–Trinajstić information content (AvgIpc) is 2.77. The van der Waals surface area contributed by atoms with Gasteiger partial charge in [0.15, 0.2) is 9.84 Å². The van der Waals surface area contributed by atoms with E-state index < -0.39 is 15.8 Å². The molecule has 0 aliphatic rings. The lowest BCUT2D eigenvalue weighted by Gasteiger charge is -2.03. The van der Waals surface area contributed by atoms with Crippen LogP contribution in [-0.2, 0) is 9.84 Å². The summed E-state index contributed by atoms with van der Waals surface area (Å²) in [6, 6.07) is 6.04. The number of carbonyl (C=O) groups is 1. The first kappa shape index (κ1) is 12.3. The largest absolute Gasteiger partial charge is 0.478 e. The van der Waals surface area contributed by atoms with Crippen LogP contribution in [0.25, 0.3) is 11.3 Å². The second-order valence-electron chi connectivity index (χ2n) is 3.76. The standard InChI is InChI=1S/C11H10N2O4S/c1-18(16,17)8-4-2-3-7(5-8)10-9(11(14)15)6-12-13-10/h2-6H,1H3,(H,12,13)(H,14,15). The Bertz CT molecular complexity index is 703. The Balaban J connectivity index is 2.59. The van der Waals surface area contributed by atoms with E-state index in [-0.39, 0.29) is 16.2 Å². The van der Waals surface area contributed by atoms with Gasteiger partial charge in [0.05, 0.1) is 16.8 Å². The zero-order chi connectivity index (χ0) is 13.3. The molecule has 0 unspecified atom stereocenters. The topological polar surface area (TPSA) is 100 Å². The third-order valence-electron chi connectivity index (χ3n) is 2.42. The lowest BCUT2D eigenvalue weighted by Crippen LogP contribution is -1.99. The zero-order valence-electron chi connectivity index (χ0n) is 9.41. The van der Waals surface area contributed by atoms with Crippen molar-refractivity contribution in [1.29, 1.82) is 0 Å². The van der Waals surface area contributed by atoms with Gasteiger partial charge in [-0.05, 0) is 12.1 Å². The number of nitrogens with zero attached hydrogens (tertiary/aromatic N) is 1. The summed E-state index contributed by atoms with van der Waals surface area (Å²) in [4.78, 5) is 11.1. The molecular formula is C11H10N2O4S. The van der Waals surface area contributed by atoms with Gasteiger partial charge in [0.1, 0.15) is 5.56 Å². The van der Waals surface area contributed by atoms with E-state index >= 15 is 0 Å². The molecule has 0 amide bonds. The Kier molecular flexibility index (Phi) is 2.92. The predicted molar refractivity (Wildman–Crippen MR) is 64.1 cm³/mol. The smallest absolute Gasteiger partial charge is 0.339 e. The van der Waals surface area contributed by atoms with E-state index in [0.29, 0.717) is 5.56 Å². The van der Waals surface area contributed by atoms with Crippen LogP contribution in [0.1, 0.15) is 10.4 Å². The van der Waals surface area contributed by atoms with E-state index in [0.717, 1.165) is 6.26 Å². The van der Waals surface area contributed by atoms with Gasteiger partial charge in [-0.15, -0.1) is 0 Å². The van der Waals surface area contributed by atoms with E-state index in [2.05, 4.69) is 10.2 Å². The number of aromatic amines is 1. The molecule has 0 aliphatic heterocycles. The number of rotatable bonds is 3. The lowest BCUT2D eigenvalue weighted by molar-refractivity contribution is 0.0698. The summed E-state index contributed by atoms with van der Waals surface area (Å²) < 4.78 is 22.9. The van der Waals surface area contributed by atoms with E-state index in [1.165, 1.54) is 18.3 Å². The maximum Gasteiger partial charge on any atom is 0.339 e. The maximum absolute atomic E-state index is 11.4. The molecule has 7 heteroatoms. The monoisotopic (exact) mass is 266 g/mol. The van der Waals surface area contributed by atoms with Crippen LogP contribution < -0.4 is 0 Å². The predicted octanol–water partition coefficient (Wildman–Crippen LogP) is 1.18. The summed E-state index contributed by atoms with van der Waals surface area (Å²) in [6.45, 7) is 0. The Morgan fingerprint density at radius 2 is 2.11 bits per heavy atom. The number of hydrogen-bond acceptors (Lipinski definition) is 4. The highest BCUT2D eigenvalue weighted by atomic mass is 32.2. The molecule has 2 rings (SSSR count). The molecule has 0 atom stereocenters. The minimum Gasteiger partial charge on any atom is -0.478 e. The van der Waals surface area contributed by atoms with Gasteiger partial charge in [0, 0.05) is 11.8 Å². The fraction of sp³-hybridized carbons (Fsp3) is 0.0909. The highest BCUT2D eigenvalue weighted by Crippen LogP contribution is 2.23. The molecule has 0 saturated heterocycles. The van der Waals surface area contributed by atoms with Gasteiger partial charge >= 0.3 is 5.97 Å².